The molecule has 1 atom stereocenters. The van der Waals surface area contributed by atoms with Gasteiger partial charge in [-0.05, 0) is 52.3 Å². The molecule has 3 rings (SSSR count). The van der Waals surface area contributed by atoms with Gasteiger partial charge in [0, 0.05) is 23.6 Å². The van der Waals surface area contributed by atoms with Crippen molar-refractivity contribution in [3.63, 3.8) is 0 Å². The van der Waals surface area contributed by atoms with Gasteiger partial charge in [-0.3, -0.25) is 9.69 Å². The van der Waals surface area contributed by atoms with Crippen molar-refractivity contribution in [2.24, 2.45) is 0 Å². The van der Waals surface area contributed by atoms with E-state index in [9.17, 15) is 9.59 Å². The SMILES string of the molecule is COc1cc(I)c(CCN2C(=O)C(Cc3ccccc3)N(C)C2=O)cc1OC. The molecule has 0 radical (unpaired) electrons. The minimum absolute atomic E-state index is 0.146. The van der Waals surface area contributed by atoms with Crippen molar-refractivity contribution < 1.29 is 19.1 Å². The van der Waals surface area contributed by atoms with Gasteiger partial charge in [-0.15, -0.1) is 0 Å². The number of carbonyl (C=O) groups excluding carboxylic acids is 2. The molecular weight excluding hydrogens is 471 g/mol. The minimum Gasteiger partial charge on any atom is -0.493 e. The summed E-state index contributed by atoms with van der Waals surface area (Å²) >= 11 is 2.23. The topological polar surface area (TPSA) is 59.1 Å². The van der Waals surface area contributed by atoms with Crippen LogP contribution in [0.5, 0.6) is 11.5 Å². The quantitative estimate of drug-likeness (QED) is 0.438. The van der Waals surface area contributed by atoms with Crippen molar-refractivity contribution in [1.82, 2.24) is 9.80 Å². The van der Waals surface area contributed by atoms with Gasteiger partial charge >= 0.3 is 6.03 Å². The molecule has 28 heavy (non-hydrogen) atoms. The fourth-order valence-corrected chi connectivity index (χ4v) is 4.06. The maximum atomic E-state index is 12.9. The lowest BCUT2D eigenvalue weighted by Crippen LogP contribution is -2.34. The lowest BCUT2D eigenvalue weighted by atomic mass is 10.1. The largest absolute Gasteiger partial charge is 0.493 e. The molecule has 6 nitrogen and oxygen atoms in total. The summed E-state index contributed by atoms with van der Waals surface area (Å²) < 4.78 is 11.7. The van der Waals surface area contributed by atoms with E-state index in [1.807, 2.05) is 42.5 Å². The van der Waals surface area contributed by atoms with Crippen molar-refractivity contribution in [3.8, 4) is 11.5 Å². The fourth-order valence-electron chi connectivity index (χ4n) is 3.35. The summed E-state index contributed by atoms with van der Waals surface area (Å²) in [5.41, 5.74) is 2.05. The molecule has 2 aromatic carbocycles. The molecule has 2 aromatic rings. The van der Waals surface area contributed by atoms with Crippen LogP contribution in [-0.4, -0.2) is 55.6 Å². The normalized spacial score (nSPS) is 16.6. The van der Waals surface area contributed by atoms with E-state index in [1.165, 1.54) is 9.80 Å². The maximum absolute atomic E-state index is 12.9. The van der Waals surface area contributed by atoms with Crippen molar-refractivity contribution >= 4 is 34.5 Å². The lowest BCUT2D eigenvalue weighted by Gasteiger charge is -2.16. The van der Waals surface area contributed by atoms with Crippen molar-refractivity contribution in [1.29, 1.82) is 0 Å². The summed E-state index contributed by atoms with van der Waals surface area (Å²) in [7, 11) is 4.87. The Morgan fingerprint density at radius 2 is 1.68 bits per heavy atom. The predicted octanol–water partition coefficient (Wildman–Crippen LogP) is 3.36. The first-order valence-corrected chi connectivity index (χ1v) is 10.1. The van der Waals surface area contributed by atoms with E-state index in [2.05, 4.69) is 22.6 Å². The molecule has 148 valence electrons. The second-order valence-electron chi connectivity index (χ2n) is 6.64. The molecule has 1 heterocycles. The molecule has 0 aliphatic carbocycles. The number of hydrogen-bond acceptors (Lipinski definition) is 4. The zero-order valence-electron chi connectivity index (χ0n) is 16.1. The van der Waals surface area contributed by atoms with E-state index < -0.39 is 6.04 Å². The van der Waals surface area contributed by atoms with Crippen molar-refractivity contribution in [2.75, 3.05) is 27.8 Å². The number of ether oxygens (including phenoxy) is 2. The first-order chi connectivity index (χ1) is 13.5. The summed E-state index contributed by atoms with van der Waals surface area (Å²) in [5, 5.41) is 0. The average Bonchev–Trinajstić information content (AvgIpc) is 2.91. The summed E-state index contributed by atoms with van der Waals surface area (Å²) in [6, 6.07) is 12.8. The Morgan fingerprint density at radius 3 is 2.32 bits per heavy atom. The third-order valence-electron chi connectivity index (χ3n) is 4.98. The van der Waals surface area contributed by atoms with Crippen LogP contribution >= 0.6 is 22.6 Å². The van der Waals surface area contributed by atoms with Gasteiger partial charge in [0.05, 0.1) is 14.2 Å². The van der Waals surface area contributed by atoms with Crippen LogP contribution < -0.4 is 9.47 Å². The maximum Gasteiger partial charge on any atom is 0.327 e. The molecule has 1 aliphatic rings. The molecule has 1 unspecified atom stereocenters. The fraction of sp³-hybridized carbons (Fsp3) is 0.333. The average molecular weight is 494 g/mol. The van der Waals surface area contributed by atoms with Gasteiger partial charge in [-0.25, -0.2) is 4.79 Å². The smallest absolute Gasteiger partial charge is 0.327 e. The number of imide groups is 1. The molecule has 3 amide bonds. The van der Waals surface area contributed by atoms with Crippen molar-refractivity contribution in [2.45, 2.75) is 18.9 Å². The number of nitrogens with zero attached hydrogens (tertiary/aromatic N) is 2. The number of hydrogen-bond donors (Lipinski definition) is 0. The monoisotopic (exact) mass is 494 g/mol. The number of rotatable bonds is 7. The van der Waals surface area contributed by atoms with Gasteiger partial charge < -0.3 is 14.4 Å². The van der Waals surface area contributed by atoms with Crippen LogP contribution in [0.25, 0.3) is 0 Å². The molecule has 7 heteroatoms. The Morgan fingerprint density at radius 1 is 1.04 bits per heavy atom. The number of urea groups is 1. The predicted molar refractivity (Wildman–Crippen MR) is 115 cm³/mol. The number of halogens is 1. The van der Waals surface area contributed by atoms with Crippen LogP contribution in [0, 0.1) is 3.57 Å². The number of methoxy groups -OCH3 is 2. The van der Waals surface area contributed by atoms with Gasteiger partial charge in [0.1, 0.15) is 6.04 Å². The first kappa shape index (κ1) is 20.4. The first-order valence-electron chi connectivity index (χ1n) is 8.98. The number of benzene rings is 2. The van der Waals surface area contributed by atoms with E-state index in [1.54, 1.807) is 21.3 Å². The van der Waals surface area contributed by atoms with Crippen LogP contribution in [0.2, 0.25) is 0 Å². The van der Waals surface area contributed by atoms with Crippen LogP contribution in [0.15, 0.2) is 42.5 Å². The number of carbonyl (C=O) groups is 2. The molecule has 0 saturated carbocycles. The molecule has 1 fully saturated rings. The Labute approximate surface area is 178 Å². The number of amides is 3. The molecule has 1 aliphatic heterocycles. The lowest BCUT2D eigenvalue weighted by molar-refractivity contribution is -0.128. The van der Waals surface area contributed by atoms with Gasteiger partial charge in [0.25, 0.3) is 5.91 Å². The highest BCUT2D eigenvalue weighted by molar-refractivity contribution is 14.1. The van der Waals surface area contributed by atoms with Crippen LogP contribution in [0.4, 0.5) is 4.79 Å². The zero-order chi connectivity index (χ0) is 20.3. The van der Waals surface area contributed by atoms with Crippen LogP contribution in [0.3, 0.4) is 0 Å². The van der Waals surface area contributed by atoms with Crippen LogP contribution in [0.1, 0.15) is 11.1 Å². The van der Waals surface area contributed by atoms with E-state index in [0.29, 0.717) is 30.9 Å². The Bertz CT molecular complexity index is 872. The highest BCUT2D eigenvalue weighted by atomic mass is 127. The Hall–Kier alpha value is -2.29. The van der Waals surface area contributed by atoms with Gasteiger partial charge in [0.2, 0.25) is 0 Å². The Kier molecular flexibility index (Phi) is 6.43. The van der Waals surface area contributed by atoms with E-state index >= 15 is 0 Å². The molecule has 0 N–H and O–H groups in total. The summed E-state index contributed by atoms with van der Waals surface area (Å²) in [4.78, 5) is 28.4. The summed E-state index contributed by atoms with van der Waals surface area (Å²) in [6.07, 6.45) is 1.08. The minimum atomic E-state index is -0.459. The molecule has 0 aromatic heterocycles. The van der Waals surface area contributed by atoms with Crippen molar-refractivity contribution in [3.05, 3.63) is 57.2 Å². The third kappa shape index (κ3) is 4.09. The van der Waals surface area contributed by atoms with E-state index in [0.717, 1.165) is 14.7 Å². The van der Waals surface area contributed by atoms with Gasteiger partial charge in [0.15, 0.2) is 11.5 Å². The van der Waals surface area contributed by atoms with Crippen LogP contribution in [-0.2, 0) is 17.6 Å². The third-order valence-corrected chi connectivity index (χ3v) is 5.98. The second-order valence-corrected chi connectivity index (χ2v) is 7.80. The standard InChI is InChI=1S/C21H23IN2O4/c1-23-17(11-14-7-5-4-6-8-14)20(25)24(21(23)26)10-9-15-12-18(27-2)19(28-3)13-16(15)22/h4-8,12-13,17H,9-11H2,1-3H3. The highest BCUT2D eigenvalue weighted by Gasteiger charge is 2.42. The Balaban J connectivity index is 1.72. The van der Waals surface area contributed by atoms with Gasteiger partial charge in [-0.1, -0.05) is 30.3 Å². The van der Waals surface area contributed by atoms with E-state index in [4.69, 9.17) is 9.47 Å². The molecular formula is C21H23IN2O4. The number of likely N-dealkylation sites (N-methyl/N-ethyl adjacent to an activating group) is 1. The van der Waals surface area contributed by atoms with Gasteiger partial charge in [-0.2, -0.15) is 0 Å². The highest BCUT2D eigenvalue weighted by Crippen LogP contribution is 2.32. The second kappa shape index (κ2) is 8.81. The molecule has 0 bridgehead atoms. The summed E-state index contributed by atoms with van der Waals surface area (Å²) in [5.74, 6) is 1.15. The zero-order valence-corrected chi connectivity index (χ0v) is 18.3. The molecule has 0 spiro atoms. The molecule has 1 saturated heterocycles. The summed E-state index contributed by atoms with van der Waals surface area (Å²) in [6.45, 7) is 0.332. The van der Waals surface area contributed by atoms with E-state index in [-0.39, 0.29) is 11.9 Å².